The van der Waals surface area contributed by atoms with Gasteiger partial charge in [-0.2, -0.15) is 0 Å². The fraction of sp³-hybridized carbons (Fsp3) is 0.462. The second-order valence-electron chi connectivity index (χ2n) is 4.42. The smallest absolute Gasteiger partial charge is 0.221 e. The van der Waals surface area contributed by atoms with Gasteiger partial charge in [0.25, 0.3) is 0 Å². The van der Waals surface area contributed by atoms with Gasteiger partial charge in [0.05, 0.1) is 6.10 Å². The third kappa shape index (κ3) is 3.71. The van der Waals surface area contributed by atoms with Crippen LogP contribution in [0.1, 0.15) is 19.3 Å². The van der Waals surface area contributed by atoms with Gasteiger partial charge >= 0.3 is 0 Å². The maximum absolute atomic E-state index is 13.3. The Hall–Kier alpha value is -1.07. The number of rotatable bonds is 5. The average Bonchev–Trinajstić information content (AvgIpc) is 2.30. The monoisotopic (exact) mass is 269 g/mol. The summed E-state index contributed by atoms with van der Waals surface area (Å²) in [6, 6.07) is 6.67. The second-order valence-corrected chi connectivity index (χ2v) is 5.56. The highest BCUT2D eigenvalue weighted by Gasteiger charge is 2.27. The molecule has 0 aliphatic heterocycles. The zero-order chi connectivity index (χ0) is 13.0. The molecule has 1 aliphatic carbocycles. The van der Waals surface area contributed by atoms with Crippen LogP contribution in [-0.4, -0.2) is 28.9 Å². The highest BCUT2D eigenvalue weighted by Crippen LogP contribution is 2.22. The Morgan fingerprint density at radius 3 is 2.83 bits per heavy atom. The van der Waals surface area contributed by atoms with Crippen LogP contribution < -0.4 is 5.32 Å². The van der Waals surface area contributed by atoms with E-state index in [1.165, 1.54) is 17.8 Å². The van der Waals surface area contributed by atoms with Gasteiger partial charge in [-0.05, 0) is 25.0 Å². The molecule has 18 heavy (non-hydrogen) atoms. The zero-order valence-electron chi connectivity index (χ0n) is 9.93. The van der Waals surface area contributed by atoms with Crippen molar-refractivity contribution in [3.05, 3.63) is 30.1 Å². The summed E-state index contributed by atoms with van der Waals surface area (Å²) in [5.41, 5.74) is 0. The summed E-state index contributed by atoms with van der Waals surface area (Å²) in [4.78, 5) is 12.1. The molecular weight excluding hydrogens is 253 g/mol. The zero-order valence-corrected chi connectivity index (χ0v) is 10.8. The summed E-state index contributed by atoms with van der Waals surface area (Å²) < 4.78 is 13.3. The molecule has 0 heterocycles. The number of amides is 1. The van der Waals surface area contributed by atoms with Crippen LogP contribution in [0.3, 0.4) is 0 Å². The molecule has 5 heteroatoms. The maximum atomic E-state index is 13.3. The lowest BCUT2D eigenvalue weighted by Crippen LogP contribution is -2.46. The molecule has 0 aromatic heterocycles. The van der Waals surface area contributed by atoms with Crippen molar-refractivity contribution < 1.29 is 14.3 Å². The largest absolute Gasteiger partial charge is 0.393 e. The molecule has 2 N–H and O–H groups in total. The number of hydrogen-bond acceptors (Lipinski definition) is 3. The molecule has 1 amide bonds. The molecule has 0 saturated heterocycles. The molecular formula is C13H16FNO2S. The number of hydrogen-bond donors (Lipinski definition) is 2. The van der Waals surface area contributed by atoms with Crippen molar-refractivity contribution in [1.29, 1.82) is 0 Å². The number of benzene rings is 1. The van der Waals surface area contributed by atoms with E-state index in [1.54, 1.807) is 18.2 Å². The number of thioether (sulfide) groups is 1. The summed E-state index contributed by atoms with van der Waals surface area (Å²) in [5.74, 6) is 0.281. The third-order valence-corrected chi connectivity index (χ3v) is 3.95. The van der Waals surface area contributed by atoms with E-state index in [9.17, 15) is 9.18 Å². The van der Waals surface area contributed by atoms with Crippen molar-refractivity contribution in [2.24, 2.45) is 0 Å². The van der Waals surface area contributed by atoms with Crippen LogP contribution in [0.4, 0.5) is 4.39 Å². The normalized spacial score (nSPS) is 22.3. The minimum atomic E-state index is -0.261. The lowest BCUT2D eigenvalue weighted by Gasteiger charge is -2.31. The van der Waals surface area contributed by atoms with Crippen LogP contribution in [0, 0.1) is 5.82 Å². The van der Waals surface area contributed by atoms with Crippen molar-refractivity contribution in [2.45, 2.75) is 36.3 Å². The molecule has 0 spiro atoms. The van der Waals surface area contributed by atoms with Crippen molar-refractivity contribution in [2.75, 3.05) is 5.75 Å². The molecule has 1 aliphatic rings. The fourth-order valence-corrected chi connectivity index (χ4v) is 2.71. The lowest BCUT2D eigenvalue weighted by molar-refractivity contribution is -0.122. The summed E-state index contributed by atoms with van der Waals surface area (Å²) >= 11 is 1.34. The van der Waals surface area contributed by atoms with Gasteiger partial charge in [-0.25, -0.2) is 4.39 Å². The van der Waals surface area contributed by atoms with Gasteiger partial charge in [0, 0.05) is 23.1 Å². The van der Waals surface area contributed by atoms with Crippen molar-refractivity contribution in [3.63, 3.8) is 0 Å². The number of halogens is 1. The van der Waals surface area contributed by atoms with Crippen LogP contribution >= 0.6 is 11.8 Å². The first-order chi connectivity index (χ1) is 8.65. The first kappa shape index (κ1) is 13.4. The van der Waals surface area contributed by atoms with E-state index >= 15 is 0 Å². The van der Waals surface area contributed by atoms with Crippen LogP contribution in [-0.2, 0) is 4.79 Å². The summed E-state index contributed by atoms with van der Waals surface area (Å²) in [7, 11) is 0. The first-order valence-electron chi connectivity index (χ1n) is 6.00. The Bertz CT molecular complexity index is 421. The van der Waals surface area contributed by atoms with Crippen molar-refractivity contribution in [3.8, 4) is 0 Å². The highest BCUT2D eigenvalue weighted by atomic mass is 32.2. The van der Waals surface area contributed by atoms with Gasteiger partial charge < -0.3 is 10.4 Å². The standard InChI is InChI=1S/C13H16FNO2S/c14-11-3-1-2-4-12(11)18-6-5-13(17)15-9-7-10(16)8-9/h1-4,9-10,16H,5-8H2,(H,15,17). The number of carbonyl (C=O) groups is 1. The molecule has 1 aromatic carbocycles. The molecule has 2 rings (SSSR count). The summed E-state index contributed by atoms with van der Waals surface area (Å²) in [6.07, 6.45) is 1.40. The molecule has 1 aromatic rings. The van der Waals surface area contributed by atoms with Gasteiger partial charge in [0.1, 0.15) is 5.82 Å². The molecule has 0 bridgehead atoms. The van der Waals surface area contributed by atoms with Crippen LogP contribution in [0.5, 0.6) is 0 Å². The Labute approximate surface area is 110 Å². The Morgan fingerprint density at radius 2 is 2.17 bits per heavy atom. The predicted octanol–water partition coefficient (Wildman–Crippen LogP) is 1.95. The topological polar surface area (TPSA) is 49.3 Å². The third-order valence-electron chi connectivity index (χ3n) is 2.90. The second kappa shape index (κ2) is 6.20. The molecule has 0 unspecified atom stereocenters. The van der Waals surface area contributed by atoms with E-state index < -0.39 is 0 Å². The Kier molecular flexibility index (Phi) is 4.60. The van der Waals surface area contributed by atoms with Gasteiger partial charge in [-0.15, -0.1) is 11.8 Å². The predicted molar refractivity (Wildman–Crippen MR) is 68.9 cm³/mol. The van der Waals surface area contributed by atoms with Crippen LogP contribution in [0.2, 0.25) is 0 Å². The number of aliphatic hydroxyl groups excluding tert-OH is 1. The van der Waals surface area contributed by atoms with E-state index in [0.717, 1.165) is 0 Å². The molecule has 1 saturated carbocycles. The number of nitrogens with one attached hydrogen (secondary N) is 1. The van der Waals surface area contributed by atoms with Gasteiger partial charge in [-0.1, -0.05) is 12.1 Å². The number of aliphatic hydroxyl groups is 1. The first-order valence-corrected chi connectivity index (χ1v) is 6.98. The van der Waals surface area contributed by atoms with Crippen LogP contribution in [0.25, 0.3) is 0 Å². The van der Waals surface area contributed by atoms with E-state index in [4.69, 9.17) is 5.11 Å². The summed E-state index contributed by atoms with van der Waals surface area (Å²) in [5, 5.41) is 11.9. The quantitative estimate of drug-likeness (QED) is 0.803. The number of carbonyl (C=O) groups excluding carboxylic acids is 1. The van der Waals surface area contributed by atoms with E-state index in [1.807, 2.05) is 0 Å². The Morgan fingerprint density at radius 1 is 1.44 bits per heavy atom. The minimum absolute atomic E-state index is 0.0317. The minimum Gasteiger partial charge on any atom is -0.393 e. The van der Waals surface area contributed by atoms with E-state index in [0.29, 0.717) is 29.9 Å². The van der Waals surface area contributed by atoms with Crippen LogP contribution in [0.15, 0.2) is 29.2 Å². The average molecular weight is 269 g/mol. The lowest BCUT2D eigenvalue weighted by atomic mass is 9.89. The molecule has 3 nitrogen and oxygen atoms in total. The Balaban J connectivity index is 1.66. The van der Waals surface area contributed by atoms with Gasteiger partial charge in [-0.3, -0.25) is 4.79 Å². The maximum Gasteiger partial charge on any atom is 0.221 e. The highest BCUT2D eigenvalue weighted by molar-refractivity contribution is 7.99. The van der Waals surface area contributed by atoms with Crippen molar-refractivity contribution >= 4 is 17.7 Å². The molecule has 98 valence electrons. The molecule has 1 fully saturated rings. The fourth-order valence-electron chi connectivity index (χ4n) is 1.82. The SMILES string of the molecule is O=C(CCSc1ccccc1F)NC1CC(O)C1. The summed E-state index contributed by atoms with van der Waals surface area (Å²) in [6.45, 7) is 0. The van der Waals surface area contributed by atoms with Gasteiger partial charge in [0.2, 0.25) is 5.91 Å². The van der Waals surface area contributed by atoms with E-state index in [2.05, 4.69) is 5.32 Å². The molecule has 0 radical (unpaired) electrons. The molecule has 0 atom stereocenters. The van der Waals surface area contributed by atoms with Crippen molar-refractivity contribution in [1.82, 2.24) is 5.32 Å². The van der Waals surface area contributed by atoms with Gasteiger partial charge in [0.15, 0.2) is 0 Å². The van der Waals surface area contributed by atoms with E-state index in [-0.39, 0.29) is 23.9 Å².